The summed E-state index contributed by atoms with van der Waals surface area (Å²) >= 11 is 0. The van der Waals surface area contributed by atoms with Gasteiger partial charge in [-0.05, 0) is 49.3 Å². The van der Waals surface area contributed by atoms with Gasteiger partial charge in [0, 0.05) is 29.4 Å². The number of carbonyl (C=O) groups is 2. The lowest BCUT2D eigenvalue weighted by molar-refractivity contribution is 0.104. The first-order valence-electron chi connectivity index (χ1n) is 9.09. The summed E-state index contributed by atoms with van der Waals surface area (Å²) in [5, 5.41) is 11.9. The van der Waals surface area contributed by atoms with E-state index in [0.29, 0.717) is 5.56 Å². The Morgan fingerprint density at radius 1 is 1.42 bits per heavy atom. The second kappa shape index (κ2) is 6.41. The molecule has 3 rings (SSSR count). The van der Waals surface area contributed by atoms with Crippen LogP contribution in [0.25, 0.3) is 0 Å². The molecule has 0 saturated carbocycles. The lowest BCUT2D eigenvalue weighted by atomic mass is 9.67. The highest BCUT2D eigenvalue weighted by molar-refractivity contribution is 6.04. The standard InChI is InChI=1S/C20H27N3O3/c1-5-16(24)13-6-7-17(21-12-13)23-15-8-9-20(23,19(2,3)4)11-14(10-15)22-18(25)26/h5-7,12,14-15,22H,1,8-11H2,2-4H3,(H,25,26). The lowest BCUT2D eigenvalue weighted by Gasteiger charge is -2.55. The summed E-state index contributed by atoms with van der Waals surface area (Å²) in [4.78, 5) is 29.9. The first-order valence-corrected chi connectivity index (χ1v) is 9.09. The van der Waals surface area contributed by atoms with Crippen LogP contribution in [0.15, 0.2) is 31.0 Å². The van der Waals surface area contributed by atoms with Crippen LogP contribution in [-0.4, -0.2) is 39.6 Å². The van der Waals surface area contributed by atoms with E-state index in [-0.39, 0.29) is 28.8 Å². The molecule has 0 aliphatic carbocycles. The molecule has 0 aromatic carbocycles. The van der Waals surface area contributed by atoms with Crippen LogP contribution in [0.4, 0.5) is 10.6 Å². The van der Waals surface area contributed by atoms with Crippen molar-refractivity contribution in [2.24, 2.45) is 5.41 Å². The molecule has 1 aromatic rings. The third-order valence-corrected chi connectivity index (χ3v) is 6.05. The molecule has 2 aliphatic rings. The Morgan fingerprint density at radius 2 is 2.15 bits per heavy atom. The number of ketones is 1. The topological polar surface area (TPSA) is 82.5 Å². The van der Waals surface area contributed by atoms with Crippen LogP contribution >= 0.6 is 0 Å². The molecule has 2 N–H and O–H groups in total. The highest BCUT2D eigenvalue weighted by atomic mass is 16.4. The Kier molecular flexibility index (Phi) is 4.54. The Hall–Kier alpha value is -2.37. The van der Waals surface area contributed by atoms with Gasteiger partial charge in [-0.2, -0.15) is 0 Å². The van der Waals surface area contributed by atoms with Gasteiger partial charge in [0.05, 0.1) is 0 Å². The van der Waals surface area contributed by atoms with Gasteiger partial charge >= 0.3 is 6.09 Å². The molecule has 6 heteroatoms. The maximum Gasteiger partial charge on any atom is 0.404 e. The number of nitrogens with zero attached hydrogens (tertiary/aromatic N) is 2. The van der Waals surface area contributed by atoms with Crippen LogP contribution in [0.5, 0.6) is 0 Å². The van der Waals surface area contributed by atoms with Crippen molar-refractivity contribution in [1.82, 2.24) is 10.3 Å². The second-order valence-corrected chi connectivity index (χ2v) is 8.40. The van der Waals surface area contributed by atoms with Crippen molar-refractivity contribution in [2.75, 3.05) is 4.90 Å². The number of pyridine rings is 1. The van der Waals surface area contributed by atoms with E-state index in [4.69, 9.17) is 5.11 Å². The zero-order valence-electron chi connectivity index (χ0n) is 15.7. The van der Waals surface area contributed by atoms with Gasteiger partial charge in [-0.1, -0.05) is 27.4 Å². The van der Waals surface area contributed by atoms with Crippen molar-refractivity contribution in [3.63, 3.8) is 0 Å². The number of amides is 1. The summed E-state index contributed by atoms with van der Waals surface area (Å²) in [7, 11) is 0. The van der Waals surface area contributed by atoms with Crippen LogP contribution in [0.2, 0.25) is 0 Å². The van der Waals surface area contributed by atoms with Crippen LogP contribution in [0.1, 0.15) is 56.8 Å². The normalized spacial score (nSPS) is 27.9. The predicted octanol–water partition coefficient (Wildman–Crippen LogP) is 3.63. The maximum absolute atomic E-state index is 11.8. The molecule has 2 saturated heterocycles. The number of carboxylic acid groups (broad SMARTS) is 1. The first-order chi connectivity index (χ1) is 12.2. The van der Waals surface area contributed by atoms with E-state index >= 15 is 0 Å². The fraction of sp³-hybridized carbons (Fsp3) is 0.550. The van der Waals surface area contributed by atoms with Gasteiger partial charge in [0.25, 0.3) is 0 Å². The van der Waals surface area contributed by atoms with E-state index in [1.54, 1.807) is 12.3 Å². The Bertz CT molecular complexity index is 723. The lowest BCUT2D eigenvalue weighted by Crippen LogP contribution is -2.63. The quantitative estimate of drug-likeness (QED) is 0.635. The Labute approximate surface area is 154 Å². The van der Waals surface area contributed by atoms with E-state index in [1.807, 2.05) is 6.07 Å². The van der Waals surface area contributed by atoms with Crippen molar-refractivity contribution in [3.8, 4) is 0 Å². The largest absolute Gasteiger partial charge is 0.465 e. The number of anilines is 1. The van der Waals surface area contributed by atoms with Gasteiger partial charge < -0.3 is 15.3 Å². The summed E-state index contributed by atoms with van der Waals surface area (Å²) in [6, 6.07) is 3.90. The average molecular weight is 357 g/mol. The molecule has 1 aromatic heterocycles. The molecule has 1 amide bonds. The number of rotatable bonds is 4. The van der Waals surface area contributed by atoms with Gasteiger partial charge in [-0.25, -0.2) is 9.78 Å². The Morgan fingerprint density at radius 3 is 2.69 bits per heavy atom. The fourth-order valence-electron chi connectivity index (χ4n) is 4.77. The highest BCUT2D eigenvalue weighted by Gasteiger charge is 2.57. The maximum atomic E-state index is 11.8. The number of allylic oxidation sites excluding steroid dienone is 1. The van der Waals surface area contributed by atoms with Crippen LogP contribution in [0, 0.1) is 5.41 Å². The molecule has 26 heavy (non-hydrogen) atoms. The number of hydrogen-bond donors (Lipinski definition) is 2. The molecular formula is C20H27N3O3. The molecule has 0 spiro atoms. The minimum atomic E-state index is -0.961. The van der Waals surface area contributed by atoms with Crippen LogP contribution in [0.3, 0.4) is 0 Å². The number of aromatic nitrogens is 1. The van der Waals surface area contributed by atoms with Crippen molar-refractivity contribution in [2.45, 2.75) is 64.1 Å². The first kappa shape index (κ1) is 18.4. The molecular weight excluding hydrogens is 330 g/mol. The molecule has 140 valence electrons. The summed E-state index contributed by atoms with van der Waals surface area (Å²) < 4.78 is 0. The van der Waals surface area contributed by atoms with E-state index in [1.165, 1.54) is 6.08 Å². The zero-order chi connectivity index (χ0) is 19.1. The minimum absolute atomic E-state index is 0.0438. The smallest absolute Gasteiger partial charge is 0.404 e. The summed E-state index contributed by atoms with van der Waals surface area (Å²) in [5.74, 6) is 0.721. The van der Waals surface area contributed by atoms with Crippen LogP contribution in [-0.2, 0) is 0 Å². The van der Waals surface area contributed by atoms with E-state index in [2.05, 4.69) is 42.6 Å². The summed E-state index contributed by atoms with van der Waals surface area (Å²) in [5.41, 5.74) is 0.320. The number of hydrogen-bond acceptors (Lipinski definition) is 4. The molecule has 3 unspecified atom stereocenters. The molecule has 3 heterocycles. The van der Waals surface area contributed by atoms with Gasteiger partial charge in [0.1, 0.15) is 5.82 Å². The minimum Gasteiger partial charge on any atom is -0.465 e. The number of nitrogens with one attached hydrogen (secondary N) is 1. The van der Waals surface area contributed by atoms with Crippen molar-refractivity contribution < 1.29 is 14.7 Å². The molecule has 0 radical (unpaired) electrons. The van der Waals surface area contributed by atoms with Gasteiger partial charge in [-0.15, -0.1) is 0 Å². The Balaban J connectivity index is 1.97. The van der Waals surface area contributed by atoms with Crippen LogP contribution < -0.4 is 10.2 Å². The summed E-state index contributed by atoms with van der Waals surface area (Å²) in [6.07, 6.45) is 5.50. The molecule has 2 fully saturated rings. The third-order valence-electron chi connectivity index (χ3n) is 6.05. The van der Waals surface area contributed by atoms with Crippen molar-refractivity contribution >= 4 is 17.7 Å². The molecule has 3 atom stereocenters. The number of fused-ring (bicyclic) bond motifs is 2. The highest BCUT2D eigenvalue weighted by Crippen LogP contribution is 2.54. The predicted molar refractivity (Wildman–Crippen MR) is 101 cm³/mol. The summed E-state index contributed by atoms with van der Waals surface area (Å²) in [6.45, 7) is 10.1. The van der Waals surface area contributed by atoms with Crippen molar-refractivity contribution in [1.29, 1.82) is 0 Å². The zero-order valence-corrected chi connectivity index (χ0v) is 15.7. The molecule has 6 nitrogen and oxygen atoms in total. The fourth-order valence-corrected chi connectivity index (χ4v) is 4.77. The number of piperidine rings is 1. The van der Waals surface area contributed by atoms with E-state index in [0.717, 1.165) is 31.5 Å². The monoisotopic (exact) mass is 357 g/mol. The van der Waals surface area contributed by atoms with Gasteiger partial charge in [0.2, 0.25) is 0 Å². The molecule has 2 aliphatic heterocycles. The second-order valence-electron chi connectivity index (χ2n) is 8.40. The van der Waals surface area contributed by atoms with E-state index < -0.39 is 6.09 Å². The van der Waals surface area contributed by atoms with E-state index in [9.17, 15) is 9.59 Å². The number of carbonyl (C=O) groups excluding carboxylic acids is 1. The van der Waals surface area contributed by atoms with Crippen molar-refractivity contribution in [3.05, 3.63) is 36.5 Å². The van der Waals surface area contributed by atoms with Gasteiger partial charge in [0.15, 0.2) is 5.78 Å². The van der Waals surface area contributed by atoms with Gasteiger partial charge in [-0.3, -0.25) is 4.79 Å². The SMILES string of the molecule is C=CC(=O)c1ccc(N2C3CCC2(C(C)(C)C)CC(NC(=O)O)C3)nc1. The average Bonchev–Trinajstić information content (AvgIpc) is 2.82. The molecule has 2 bridgehead atoms. The third kappa shape index (κ3) is 2.97.